The van der Waals surface area contributed by atoms with Crippen LogP contribution in [0.5, 0.6) is 0 Å². The van der Waals surface area contributed by atoms with E-state index in [2.05, 4.69) is 37.8 Å². The second-order valence-corrected chi connectivity index (χ2v) is 6.61. The molecule has 1 aromatic carbocycles. The van der Waals surface area contributed by atoms with Gasteiger partial charge in [0, 0.05) is 29.7 Å². The largest absolute Gasteiger partial charge is 0.326 e. The molecule has 1 fully saturated rings. The van der Waals surface area contributed by atoms with Crippen molar-refractivity contribution in [2.45, 2.75) is 51.7 Å². The van der Waals surface area contributed by atoms with Crippen molar-refractivity contribution < 1.29 is 0 Å². The normalized spacial score (nSPS) is 18.9. The highest BCUT2D eigenvalue weighted by Gasteiger charge is 2.36. The van der Waals surface area contributed by atoms with Crippen molar-refractivity contribution >= 4 is 11.6 Å². The van der Waals surface area contributed by atoms with Crippen molar-refractivity contribution in [2.24, 2.45) is 11.7 Å². The van der Waals surface area contributed by atoms with Crippen LogP contribution in [0.4, 0.5) is 0 Å². The fourth-order valence-corrected chi connectivity index (χ4v) is 2.90. The quantitative estimate of drug-likeness (QED) is 0.858. The molecule has 0 aliphatic heterocycles. The molecule has 0 radical (unpaired) electrons. The predicted octanol–water partition coefficient (Wildman–Crippen LogP) is 3.85. The molecule has 0 spiro atoms. The minimum Gasteiger partial charge on any atom is -0.326 e. The third-order valence-corrected chi connectivity index (χ3v) is 3.91. The van der Waals surface area contributed by atoms with Gasteiger partial charge in [0.1, 0.15) is 0 Å². The number of rotatable bonds is 6. The maximum absolute atomic E-state index is 6.27. The summed E-state index contributed by atoms with van der Waals surface area (Å²) in [5.74, 6) is 0.661. The minimum atomic E-state index is 0.125. The first-order chi connectivity index (χ1) is 8.99. The van der Waals surface area contributed by atoms with Gasteiger partial charge in [-0.1, -0.05) is 37.6 Å². The van der Waals surface area contributed by atoms with E-state index >= 15 is 0 Å². The molecule has 1 saturated carbocycles. The third kappa shape index (κ3) is 3.95. The summed E-state index contributed by atoms with van der Waals surface area (Å²) < 4.78 is 0. The van der Waals surface area contributed by atoms with E-state index in [9.17, 15) is 0 Å². The molecule has 2 atom stereocenters. The fourth-order valence-electron chi connectivity index (χ4n) is 2.77. The van der Waals surface area contributed by atoms with Crippen LogP contribution in [-0.2, 0) is 0 Å². The summed E-state index contributed by atoms with van der Waals surface area (Å²) in [4.78, 5) is 2.60. The van der Waals surface area contributed by atoms with E-state index in [-0.39, 0.29) is 6.04 Å². The molecule has 1 aliphatic carbocycles. The Morgan fingerprint density at radius 3 is 2.21 bits per heavy atom. The van der Waals surface area contributed by atoms with Crippen molar-refractivity contribution in [1.29, 1.82) is 0 Å². The zero-order valence-corrected chi connectivity index (χ0v) is 12.9. The number of benzene rings is 1. The summed E-state index contributed by atoms with van der Waals surface area (Å²) in [5.41, 5.74) is 7.56. The third-order valence-electron chi connectivity index (χ3n) is 3.66. The van der Waals surface area contributed by atoms with Crippen LogP contribution in [0.25, 0.3) is 0 Å². The Morgan fingerprint density at radius 2 is 1.79 bits per heavy atom. The molecule has 2 rings (SSSR count). The minimum absolute atomic E-state index is 0.125. The Morgan fingerprint density at radius 1 is 1.21 bits per heavy atom. The standard InChI is InChI=1S/C16H25ClN2/c1-11(2)10-19(15-8-9-15)16(12(3)18)13-4-6-14(17)7-5-13/h4-7,11-12,15-16H,8-10,18H2,1-3H3. The molecule has 106 valence electrons. The van der Waals surface area contributed by atoms with Crippen molar-refractivity contribution in [3.63, 3.8) is 0 Å². The Kier molecular flexibility index (Phi) is 4.88. The van der Waals surface area contributed by atoms with Crippen LogP contribution in [0, 0.1) is 5.92 Å². The highest BCUT2D eigenvalue weighted by molar-refractivity contribution is 6.30. The zero-order valence-electron chi connectivity index (χ0n) is 12.1. The molecule has 0 bridgehead atoms. The van der Waals surface area contributed by atoms with Gasteiger partial charge in [-0.05, 0) is 43.4 Å². The maximum Gasteiger partial charge on any atom is 0.0499 e. The molecular weight excluding hydrogens is 256 g/mol. The lowest BCUT2D eigenvalue weighted by Gasteiger charge is -2.36. The van der Waals surface area contributed by atoms with Crippen LogP contribution >= 0.6 is 11.6 Å². The monoisotopic (exact) mass is 280 g/mol. The highest BCUT2D eigenvalue weighted by atomic mass is 35.5. The lowest BCUT2D eigenvalue weighted by atomic mass is 9.97. The molecule has 1 aromatic rings. The van der Waals surface area contributed by atoms with Gasteiger partial charge in [-0.3, -0.25) is 4.90 Å². The fraction of sp³-hybridized carbons (Fsp3) is 0.625. The Bertz CT molecular complexity index is 396. The topological polar surface area (TPSA) is 29.3 Å². The molecule has 1 aliphatic rings. The average molecular weight is 281 g/mol. The summed E-state index contributed by atoms with van der Waals surface area (Å²) in [6.45, 7) is 7.76. The Hall–Kier alpha value is -0.570. The van der Waals surface area contributed by atoms with E-state index in [0.29, 0.717) is 18.0 Å². The second-order valence-electron chi connectivity index (χ2n) is 6.18. The molecule has 3 heteroatoms. The molecule has 19 heavy (non-hydrogen) atoms. The summed E-state index contributed by atoms with van der Waals surface area (Å²) in [6.07, 6.45) is 2.62. The van der Waals surface area contributed by atoms with E-state index in [1.807, 2.05) is 12.1 Å². The van der Waals surface area contributed by atoms with E-state index in [4.69, 9.17) is 17.3 Å². The van der Waals surface area contributed by atoms with Gasteiger partial charge < -0.3 is 5.73 Å². The number of nitrogens with two attached hydrogens (primary N) is 1. The smallest absolute Gasteiger partial charge is 0.0499 e. The van der Waals surface area contributed by atoms with Gasteiger partial charge in [0.25, 0.3) is 0 Å². The van der Waals surface area contributed by atoms with Gasteiger partial charge in [0.2, 0.25) is 0 Å². The van der Waals surface area contributed by atoms with Crippen LogP contribution in [0.15, 0.2) is 24.3 Å². The summed E-state index contributed by atoms with van der Waals surface area (Å²) in [7, 11) is 0. The number of hydrogen-bond acceptors (Lipinski definition) is 2. The molecule has 2 N–H and O–H groups in total. The van der Waals surface area contributed by atoms with Crippen molar-refractivity contribution in [3.8, 4) is 0 Å². The molecule has 2 unspecified atom stereocenters. The van der Waals surface area contributed by atoms with Gasteiger partial charge >= 0.3 is 0 Å². The van der Waals surface area contributed by atoms with Crippen LogP contribution < -0.4 is 5.73 Å². The highest BCUT2D eigenvalue weighted by Crippen LogP contribution is 2.36. The number of halogens is 1. The van der Waals surface area contributed by atoms with Crippen LogP contribution in [0.2, 0.25) is 5.02 Å². The van der Waals surface area contributed by atoms with Gasteiger partial charge in [0.15, 0.2) is 0 Å². The van der Waals surface area contributed by atoms with Crippen molar-refractivity contribution in [3.05, 3.63) is 34.9 Å². The Labute approximate surface area is 121 Å². The van der Waals surface area contributed by atoms with Gasteiger partial charge in [-0.2, -0.15) is 0 Å². The second kappa shape index (κ2) is 6.25. The molecule has 0 saturated heterocycles. The SMILES string of the molecule is CC(C)CN(C1CC1)C(c1ccc(Cl)cc1)C(C)N. The van der Waals surface area contributed by atoms with Crippen LogP contribution in [0.3, 0.4) is 0 Å². The van der Waals surface area contributed by atoms with Gasteiger partial charge in [-0.15, -0.1) is 0 Å². The van der Waals surface area contributed by atoms with Crippen molar-refractivity contribution in [2.75, 3.05) is 6.54 Å². The van der Waals surface area contributed by atoms with Crippen LogP contribution in [-0.4, -0.2) is 23.5 Å². The first-order valence-electron chi connectivity index (χ1n) is 7.26. The first-order valence-corrected chi connectivity index (χ1v) is 7.63. The molecule has 0 aromatic heterocycles. The molecule has 2 nitrogen and oxygen atoms in total. The van der Waals surface area contributed by atoms with Gasteiger partial charge in [0.05, 0.1) is 0 Å². The van der Waals surface area contributed by atoms with E-state index in [1.54, 1.807) is 0 Å². The molecular formula is C16H25ClN2. The lowest BCUT2D eigenvalue weighted by Crippen LogP contribution is -2.42. The average Bonchev–Trinajstić information content (AvgIpc) is 3.13. The summed E-state index contributed by atoms with van der Waals surface area (Å²) in [6, 6.07) is 9.30. The lowest BCUT2D eigenvalue weighted by molar-refractivity contribution is 0.147. The van der Waals surface area contributed by atoms with Crippen molar-refractivity contribution in [1.82, 2.24) is 4.90 Å². The predicted molar refractivity (Wildman–Crippen MR) is 82.4 cm³/mol. The van der Waals surface area contributed by atoms with E-state index < -0.39 is 0 Å². The maximum atomic E-state index is 6.27. The molecule has 0 amide bonds. The van der Waals surface area contributed by atoms with E-state index in [0.717, 1.165) is 11.6 Å². The molecule has 0 heterocycles. The summed E-state index contributed by atoms with van der Waals surface area (Å²) in [5, 5.41) is 0.786. The first kappa shape index (κ1) is 14.8. The van der Waals surface area contributed by atoms with Gasteiger partial charge in [-0.25, -0.2) is 0 Å². The number of nitrogens with zero attached hydrogens (tertiary/aromatic N) is 1. The summed E-state index contributed by atoms with van der Waals surface area (Å²) >= 11 is 5.99. The number of hydrogen-bond donors (Lipinski definition) is 1. The van der Waals surface area contributed by atoms with Crippen LogP contribution in [0.1, 0.15) is 45.2 Å². The Balaban J connectivity index is 2.24. The van der Waals surface area contributed by atoms with E-state index in [1.165, 1.54) is 18.4 Å². The zero-order chi connectivity index (χ0) is 14.0.